The van der Waals surface area contributed by atoms with Gasteiger partial charge in [-0.1, -0.05) is 0 Å². The van der Waals surface area contributed by atoms with Crippen molar-refractivity contribution >= 4 is 5.96 Å². The summed E-state index contributed by atoms with van der Waals surface area (Å²) < 4.78 is 0. The van der Waals surface area contributed by atoms with Gasteiger partial charge in [0.05, 0.1) is 0 Å². The van der Waals surface area contributed by atoms with Crippen LogP contribution in [-0.4, -0.2) is 37.8 Å². The minimum Gasteiger partial charge on any atom is -0.396 e. The first kappa shape index (κ1) is 10.2. The Bertz CT molecular complexity index is 114. The largest absolute Gasteiger partial charge is 0.396 e. The molecular weight excluding hydrogens is 142 g/mol. The summed E-state index contributed by atoms with van der Waals surface area (Å²) in [6.45, 7) is 3.85. The van der Waals surface area contributed by atoms with Crippen LogP contribution in [0, 0.1) is 0 Å². The molecule has 0 aliphatic carbocycles. The summed E-state index contributed by atoms with van der Waals surface area (Å²) in [6, 6.07) is 0. The highest BCUT2D eigenvalue weighted by molar-refractivity contribution is 5.79. The minimum atomic E-state index is 0.218. The van der Waals surface area contributed by atoms with Gasteiger partial charge in [0.25, 0.3) is 0 Å². The van der Waals surface area contributed by atoms with Crippen molar-refractivity contribution in [3.05, 3.63) is 0 Å². The molecule has 0 radical (unpaired) electrons. The average molecular weight is 159 g/mol. The van der Waals surface area contributed by atoms with E-state index in [9.17, 15) is 0 Å². The second-order valence-electron chi connectivity index (χ2n) is 2.11. The number of nitrogens with one attached hydrogen (secondary N) is 2. The van der Waals surface area contributed by atoms with Crippen molar-refractivity contribution in [2.24, 2.45) is 4.99 Å². The molecule has 0 fully saturated rings. The predicted molar refractivity (Wildman–Crippen MR) is 46.7 cm³/mol. The van der Waals surface area contributed by atoms with Crippen LogP contribution in [0.5, 0.6) is 0 Å². The molecule has 0 rings (SSSR count). The smallest absolute Gasteiger partial charge is 0.190 e. The third kappa shape index (κ3) is 5.66. The van der Waals surface area contributed by atoms with Gasteiger partial charge < -0.3 is 15.7 Å². The molecular formula is C7H17N3O. The number of nitrogens with zero attached hydrogens (tertiary/aromatic N) is 1. The van der Waals surface area contributed by atoms with Gasteiger partial charge in [-0.25, -0.2) is 0 Å². The highest BCUT2D eigenvalue weighted by Gasteiger charge is 1.91. The molecule has 0 aromatic rings. The lowest BCUT2D eigenvalue weighted by atomic mass is 10.4. The second kappa shape index (κ2) is 7.34. The second-order valence-corrected chi connectivity index (χ2v) is 2.11. The van der Waals surface area contributed by atoms with Crippen molar-refractivity contribution < 1.29 is 5.11 Å². The molecule has 4 nitrogen and oxygen atoms in total. The maximum Gasteiger partial charge on any atom is 0.190 e. The lowest BCUT2D eigenvalue weighted by Gasteiger charge is -2.08. The van der Waals surface area contributed by atoms with Crippen LogP contribution < -0.4 is 10.6 Å². The van der Waals surface area contributed by atoms with Gasteiger partial charge in [0, 0.05) is 26.7 Å². The molecule has 0 unspecified atom stereocenters. The van der Waals surface area contributed by atoms with E-state index < -0.39 is 0 Å². The molecule has 0 saturated carbocycles. The van der Waals surface area contributed by atoms with E-state index in [1.54, 1.807) is 7.05 Å². The first-order valence-electron chi connectivity index (χ1n) is 3.90. The fourth-order valence-corrected chi connectivity index (χ4v) is 0.674. The van der Waals surface area contributed by atoms with Crippen LogP contribution in [-0.2, 0) is 0 Å². The first-order chi connectivity index (χ1) is 5.35. The van der Waals surface area contributed by atoms with Crippen LogP contribution in [0.25, 0.3) is 0 Å². The Morgan fingerprint density at radius 3 is 2.64 bits per heavy atom. The number of hydrogen-bond acceptors (Lipinski definition) is 2. The van der Waals surface area contributed by atoms with E-state index in [0.717, 1.165) is 25.5 Å². The fourth-order valence-electron chi connectivity index (χ4n) is 0.674. The zero-order chi connectivity index (χ0) is 8.53. The quantitative estimate of drug-likeness (QED) is 0.296. The summed E-state index contributed by atoms with van der Waals surface area (Å²) in [5.41, 5.74) is 0. The summed E-state index contributed by atoms with van der Waals surface area (Å²) in [5, 5.41) is 14.6. The van der Waals surface area contributed by atoms with E-state index in [1.807, 2.05) is 6.92 Å². The Kier molecular flexibility index (Phi) is 6.82. The van der Waals surface area contributed by atoms with Crippen molar-refractivity contribution in [3.8, 4) is 0 Å². The average Bonchev–Trinajstić information content (AvgIpc) is 2.03. The normalized spacial score (nSPS) is 11.4. The number of aliphatic imine (C=N–C) groups is 1. The molecule has 3 N–H and O–H groups in total. The van der Waals surface area contributed by atoms with E-state index in [1.165, 1.54) is 0 Å². The van der Waals surface area contributed by atoms with Crippen LogP contribution in [0.2, 0.25) is 0 Å². The molecule has 0 aliphatic rings. The van der Waals surface area contributed by atoms with Crippen LogP contribution >= 0.6 is 0 Å². The summed E-state index contributed by atoms with van der Waals surface area (Å²) >= 11 is 0. The molecule has 0 aromatic carbocycles. The summed E-state index contributed by atoms with van der Waals surface area (Å²) in [7, 11) is 1.73. The summed E-state index contributed by atoms with van der Waals surface area (Å²) in [6.07, 6.45) is 0.754. The number of hydrogen-bond donors (Lipinski definition) is 3. The van der Waals surface area contributed by atoms with Gasteiger partial charge in [-0.2, -0.15) is 0 Å². The third-order valence-electron chi connectivity index (χ3n) is 1.20. The number of aliphatic hydroxyl groups is 1. The summed E-state index contributed by atoms with van der Waals surface area (Å²) in [4.78, 5) is 3.96. The standard InChI is InChI=1S/C7H17N3O/c1-3-9-7(8-2)10-5-4-6-11/h11H,3-6H2,1-2H3,(H2,8,9,10). The van der Waals surface area contributed by atoms with Crippen LogP contribution in [0.15, 0.2) is 4.99 Å². The predicted octanol–water partition coefficient (Wildman–Crippen LogP) is -0.446. The van der Waals surface area contributed by atoms with Gasteiger partial charge in [0.2, 0.25) is 0 Å². The van der Waals surface area contributed by atoms with Crippen LogP contribution in [0.4, 0.5) is 0 Å². The molecule has 0 aliphatic heterocycles. The van der Waals surface area contributed by atoms with Gasteiger partial charge >= 0.3 is 0 Å². The Hall–Kier alpha value is -0.770. The maximum absolute atomic E-state index is 8.48. The van der Waals surface area contributed by atoms with E-state index in [-0.39, 0.29) is 6.61 Å². The monoisotopic (exact) mass is 159 g/mol. The molecule has 4 heteroatoms. The zero-order valence-electron chi connectivity index (χ0n) is 7.22. The van der Waals surface area contributed by atoms with Crippen molar-refractivity contribution in [2.75, 3.05) is 26.7 Å². The van der Waals surface area contributed by atoms with Crippen molar-refractivity contribution in [1.29, 1.82) is 0 Å². The fraction of sp³-hybridized carbons (Fsp3) is 0.857. The lowest BCUT2D eigenvalue weighted by molar-refractivity contribution is 0.289. The van der Waals surface area contributed by atoms with Crippen LogP contribution in [0.3, 0.4) is 0 Å². The molecule has 0 spiro atoms. The summed E-state index contributed by atoms with van der Waals surface area (Å²) in [5.74, 6) is 0.793. The number of rotatable bonds is 4. The SMILES string of the molecule is CCNC(=NC)NCCCO. The van der Waals surface area contributed by atoms with E-state index in [4.69, 9.17) is 5.11 Å². The topological polar surface area (TPSA) is 56.7 Å². The van der Waals surface area contributed by atoms with E-state index >= 15 is 0 Å². The van der Waals surface area contributed by atoms with Gasteiger partial charge in [-0.05, 0) is 13.3 Å². The van der Waals surface area contributed by atoms with Gasteiger partial charge in [0.1, 0.15) is 0 Å². The highest BCUT2D eigenvalue weighted by atomic mass is 16.3. The molecule has 0 heterocycles. The number of guanidine groups is 1. The Morgan fingerprint density at radius 1 is 1.45 bits per heavy atom. The molecule has 0 aromatic heterocycles. The lowest BCUT2D eigenvalue weighted by Crippen LogP contribution is -2.37. The van der Waals surface area contributed by atoms with Gasteiger partial charge in [0.15, 0.2) is 5.96 Å². The third-order valence-corrected chi connectivity index (χ3v) is 1.20. The Labute approximate surface area is 67.7 Å². The van der Waals surface area contributed by atoms with Crippen LogP contribution in [0.1, 0.15) is 13.3 Å². The van der Waals surface area contributed by atoms with E-state index in [2.05, 4.69) is 15.6 Å². The van der Waals surface area contributed by atoms with Crippen molar-refractivity contribution in [3.63, 3.8) is 0 Å². The van der Waals surface area contributed by atoms with Gasteiger partial charge in [-0.3, -0.25) is 4.99 Å². The van der Waals surface area contributed by atoms with E-state index in [0.29, 0.717) is 0 Å². The molecule has 0 bridgehead atoms. The molecule has 0 amide bonds. The zero-order valence-corrected chi connectivity index (χ0v) is 7.22. The molecule has 0 saturated heterocycles. The maximum atomic E-state index is 8.48. The van der Waals surface area contributed by atoms with Crippen molar-refractivity contribution in [2.45, 2.75) is 13.3 Å². The number of aliphatic hydroxyl groups excluding tert-OH is 1. The molecule has 11 heavy (non-hydrogen) atoms. The molecule has 66 valence electrons. The first-order valence-corrected chi connectivity index (χ1v) is 3.90. The highest BCUT2D eigenvalue weighted by Crippen LogP contribution is 1.72. The molecule has 0 atom stereocenters. The Morgan fingerprint density at radius 2 is 2.18 bits per heavy atom. The minimum absolute atomic E-state index is 0.218. The Balaban J connectivity index is 3.37. The van der Waals surface area contributed by atoms with Crippen molar-refractivity contribution in [1.82, 2.24) is 10.6 Å². The van der Waals surface area contributed by atoms with Gasteiger partial charge in [-0.15, -0.1) is 0 Å².